The van der Waals surface area contributed by atoms with Crippen LogP contribution in [-0.4, -0.2) is 24.2 Å². The molecule has 0 radical (unpaired) electrons. The van der Waals surface area contributed by atoms with Crippen molar-refractivity contribution in [1.29, 1.82) is 0 Å². The van der Waals surface area contributed by atoms with E-state index >= 15 is 0 Å². The lowest BCUT2D eigenvalue weighted by molar-refractivity contribution is 0.102. The van der Waals surface area contributed by atoms with E-state index in [0.29, 0.717) is 6.61 Å². The highest BCUT2D eigenvalue weighted by atomic mass is 16.5. The van der Waals surface area contributed by atoms with Crippen molar-refractivity contribution in [3.05, 3.63) is 65.4 Å². The summed E-state index contributed by atoms with van der Waals surface area (Å²) in [4.78, 5) is 12.6. The number of rotatable bonds is 5. The number of aromatic nitrogens is 1. The van der Waals surface area contributed by atoms with E-state index in [9.17, 15) is 4.79 Å². The summed E-state index contributed by atoms with van der Waals surface area (Å²) >= 11 is 0. The van der Waals surface area contributed by atoms with Crippen molar-refractivity contribution in [1.82, 2.24) is 4.57 Å². The van der Waals surface area contributed by atoms with Crippen LogP contribution < -0.4 is 5.32 Å². The number of ether oxygens (including phenoxy) is 1. The van der Waals surface area contributed by atoms with Gasteiger partial charge in [-0.3, -0.25) is 4.79 Å². The maximum absolute atomic E-state index is 12.6. The lowest BCUT2D eigenvalue weighted by atomic mass is 9.90. The normalized spacial score (nSPS) is 13.6. The molecule has 0 atom stereocenters. The monoisotopic (exact) mass is 348 g/mol. The molecule has 0 aliphatic heterocycles. The van der Waals surface area contributed by atoms with Gasteiger partial charge in [0.2, 0.25) is 0 Å². The third-order valence-electron chi connectivity index (χ3n) is 5.18. The Morgan fingerprint density at radius 2 is 1.92 bits per heavy atom. The van der Waals surface area contributed by atoms with Crippen LogP contribution in [0.15, 0.2) is 48.7 Å². The van der Waals surface area contributed by atoms with Gasteiger partial charge in [0.25, 0.3) is 5.91 Å². The number of carbonyl (C=O) groups is 1. The van der Waals surface area contributed by atoms with Crippen LogP contribution in [0, 0.1) is 0 Å². The second-order valence-electron chi connectivity index (χ2n) is 6.92. The fourth-order valence-corrected chi connectivity index (χ4v) is 3.74. The van der Waals surface area contributed by atoms with Crippen molar-refractivity contribution in [2.24, 2.45) is 0 Å². The molecule has 0 saturated carbocycles. The van der Waals surface area contributed by atoms with Gasteiger partial charge in [0, 0.05) is 42.0 Å². The molecule has 2 aromatic carbocycles. The molecule has 0 bridgehead atoms. The Morgan fingerprint density at radius 1 is 1.08 bits per heavy atom. The van der Waals surface area contributed by atoms with E-state index in [4.69, 9.17) is 4.74 Å². The third kappa shape index (κ3) is 3.37. The molecular weight excluding hydrogens is 324 g/mol. The smallest absolute Gasteiger partial charge is 0.255 e. The number of fused-ring (bicyclic) bond motifs is 2. The average molecular weight is 348 g/mol. The van der Waals surface area contributed by atoms with Crippen LogP contribution in [0.4, 0.5) is 5.69 Å². The molecule has 0 spiro atoms. The average Bonchev–Trinajstić information content (AvgIpc) is 3.08. The van der Waals surface area contributed by atoms with E-state index in [-0.39, 0.29) is 5.91 Å². The molecule has 0 unspecified atom stereocenters. The topological polar surface area (TPSA) is 43.3 Å². The number of hydrogen-bond acceptors (Lipinski definition) is 2. The molecular formula is C22H24N2O2. The van der Waals surface area contributed by atoms with Gasteiger partial charge in [-0.15, -0.1) is 0 Å². The van der Waals surface area contributed by atoms with Crippen molar-refractivity contribution in [2.45, 2.75) is 32.2 Å². The molecule has 0 saturated heterocycles. The number of benzene rings is 2. The van der Waals surface area contributed by atoms with Crippen LogP contribution in [0.5, 0.6) is 0 Å². The fraction of sp³-hybridized carbons (Fsp3) is 0.318. The second-order valence-corrected chi connectivity index (χ2v) is 6.92. The van der Waals surface area contributed by atoms with E-state index in [1.54, 1.807) is 7.11 Å². The summed E-state index contributed by atoms with van der Waals surface area (Å²) in [6.45, 7) is 1.50. The minimum Gasteiger partial charge on any atom is -0.383 e. The largest absolute Gasteiger partial charge is 0.383 e. The highest BCUT2D eigenvalue weighted by Crippen LogP contribution is 2.24. The minimum atomic E-state index is -0.0449. The van der Waals surface area contributed by atoms with E-state index in [1.807, 2.05) is 24.3 Å². The van der Waals surface area contributed by atoms with E-state index in [1.165, 1.54) is 24.0 Å². The molecule has 3 aromatic rings. The molecule has 0 fully saturated rings. The van der Waals surface area contributed by atoms with Gasteiger partial charge in [0.05, 0.1) is 6.61 Å². The van der Waals surface area contributed by atoms with Gasteiger partial charge in [-0.25, -0.2) is 0 Å². The zero-order chi connectivity index (χ0) is 17.9. The number of carbonyl (C=O) groups excluding carboxylic acids is 1. The molecule has 4 heteroatoms. The summed E-state index contributed by atoms with van der Waals surface area (Å²) in [5.41, 5.74) is 5.43. The SMILES string of the molecule is COCCn1ccc2cc(NC(=O)c3ccc4c(c3)CCCC4)ccc21. The van der Waals surface area contributed by atoms with Crippen molar-refractivity contribution < 1.29 is 9.53 Å². The molecule has 1 N–H and O–H groups in total. The predicted octanol–water partition coefficient (Wildman–Crippen LogP) is 4.42. The maximum atomic E-state index is 12.6. The first-order valence-electron chi connectivity index (χ1n) is 9.25. The Bertz CT molecular complexity index is 942. The van der Waals surface area contributed by atoms with Crippen molar-refractivity contribution >= 4 is 22.5 Å². The van der Waals surface area contributed by atoms with Gasteiger partial charge < -0.3 is 14.6 Å². The molecule has 134 valence electrons. The Balaban J connectivity index is 1.52. The number of methoxy groups -OCH3 is 1. The zero-order valence-electron chi connectivity index (χ0n) is 15.1. The first kappa shape index (κ1) is 16.9. The van der Waals surface area contributed by atoms with Crippen LogP contribution in [-0.2, 0) is 24.1 Å². The van der Waals surface area contributed by atoms with Gasteiger partial charge in [-0.05, 0) is 73.2 Å². The highest BCUT2D eigenvalue weighted by molar-refractivity contribution is 6.05. The molecule has 4 rings (SSSR count). The number of nitrogens with zero attached hydrogens (tertiary/aromatic N) is 1. The third-order valence-corrected chi connectivity index (χ3v) is 5.18. The van der Waals surface area contributed by atoms with Crippen LogP contribution in [0.2, 0.25) is 0 Å². The molecule has 1 aliphatic carbocycles. The standard InChI is InChI=1S/C22H24N2O2/c1-26-13-12-24-11-10-18-15-20(8-9-21(18)24)23-22(25)19-7-6-16-4-2-3-5-17(16)14-19/h6-11,14-15H,2-5,12-13H2,1H3,(H,23,25). The van der Waals surface area contributed by atoms with Gasteiger partial charge in [-0.1, -0.05) is 6.07 Å². The summed E-state index contributed by atoms with van der Waals surface area (Å²) < 4.78 is 7.31. The molecule has 1 aromatic heterocycles. The van der Waals surface area contributed by atoms with Gasteiger partial charge in [0.15, 0.2) is 0 Å². The number of hydrogen-bond donors (Lipinski definition) is 1. The van der Waals surface area contributed by atoms with Crippen LogP contribution in [0.3, 0.4) is 0 Å². The Hall–Kier alpha value is -2.59. The Morgan fingerprint density at radius 3 is 2.77 bits per heavy atom. The summed E-state index contributed by atoms with van der Waals surface area (Å²) in [5.74, 6) is -0.0449. The number of amides is 1. The van der Waals surface area contributed by atoms with Crippen LogP contribution >= 0.6 is 0 Å². The first-order chi connectivity index (χ1) is 12.7. The van der Waals surface area contributed by atoms with Gasteiger partial charge >= 0.3 is 0 Å². The fourth-order valence-electron chi connectivity index (χ4n) is 3.74. The second kappa shape index (κ2) is 7.34. The molecule has 1 aliphatic rings. The predicted molar refractivity (Wildman–Crippen MR) is 105 cm³/mol. The summed E-state index contributed by atoms with van der Waals surface area (Å²) in [6, 6.07) is 14.2. The van der Waals surface area contributed by atoms with Gasteiger partial charge in [-0.2, -0.15) is 0 Å². The molecule has 1 amide bonds. The molecule has 26 heavy (non-hydrogen) atoms. The Labute approximate surface area is 153 Å². The maximum Gasteiger partial charge on any atom is 0.255 e. The van der Waals surface area contributed by atoms with Gasteiger partial charge in [0.1, 0.15) is 0 Å². The Kier molecular flexibility index (Phi) is 4.76. The van der Waals surface area contributed by atoms with Crippen molar-refractivity contribution in [3.63, 3.8) is 0 Å². The summed E-state index contributed by atoms with van der Waals surface area (Å²) in [7, 11) is 1.71. The lowest BCUT2D eigenvalue weighted by Crippen LogP contribution is -2.13. The van der Waals surface area contributed by atoms with Crippen LogP contribution in [0.1, 0.15) is 34.3 Å². The molecule has 1 heterocycles. The number of nitrogens with one attached hydrogen (secondary N) is 1. The quantitative estimate of drug-likeness (QED) is 0.742. The number of aryl methyl sites for hydroxylation is 2. The van der Waals surface area contributed by atoms with E-state index < -0.39 is 0 Å². The first-order valence-corrected chi connectivity index (χ1v) is 9.25. The summed E-state index contributed by atoms with van der Waals surface area (Å²) in [5, 5.41) is 4.15. The number of anilines is 1. The van der Waals surface area contributed by atoms with E-state index in [2.05, 4.69) is 34.3 Å². The zero-order valence-corrected chi connectivity index (χ0v) is 15.1. The van der Waals surface area contributed by atoms with Crippen LogP contribution in [0.25, 0.3) is 10.9 Å². The lowest BCUT2D eigenvalue weighted by Gasteiger charge is -2.16. The van der Waals surface area contributed by atoms with Crippen molar-refractivity contribution in [2.75, 3.05) is 19.0 Å². The highest BCUT2D eigenvalue weighted by Gasteiger charge is 2.13. The minimum absolute atomic E-state index is 0.0449. The van der Waals surface area contributed by atoms with Crippen molar-refractivity contribution in [3.8, 4) is 0 Å². The summed E-state index contributed by atoms with van der Waals surface area (Å²) in [6.07, 6.45) is 6.74. The van der Waals surface area contributed by atoms with E-state index in [0.717, 1.165) is 41.5 Å². The molecule has 4 nitrogen and oxygen atoms in total.